The number of nitrogens with zero attached hydrogens (tertiary/aromatic N) is 4. The Balaban J connectivity index is 0.00000306. The van der Waals surface area contributed by atoms with Crippen molar-refractivity contribution < 1.29 is 4.39 Å². The molecule has 2 aromatic carbocycles. The molecule has 1 fully saturated rings. The van der Waals surface area contributed by atoms with Gasteiger partial charge in [0, 0.05) is 11.4 Å². The van der Waals surface area contributed by atoms with E-state index in [1.807, 2.05) is 42.1 Å². The van der Waals surface area contributed by atoms with Crippen LogP contribution in [0.2, 0.25) is 5.02 Å². The Hall–Kier alpha value is -1.76. The Labute approximate surface area is 211 Å². The van der Waals surface area contributed by atoms with E-state index in [0.29, 0.717) is 22.5 Å². The van der Waals surface area contributed by atoms with Crippen molar-refractivity contribution in [3.63, 3.8) is 0 Å². The molecule has 4 nitrogen and oxygen atoms in total. The number of hydrogen-bond acceptors (Lipinski definition) is 4. The minimum atomic E-state index is -0.157. The molecule has 1 heterocycles. The molecule has 1 atom stereocenters. The molecule has 1 unspecified atom stereocenters. The first kappa shape index (κ1) is 25.9. The molecule has 1 aromatic heterocycles. The Bertz CT molecular complexity index is 1100. The molecule has 4 rings (SSSR count). The fraction of sp³-hybridized carbons (Fsp3) is 0.440. The van der Waals surface area contributed by atoms with Gasteiger partial charge in [-0.15, -0.1) is 29.3 Å². The molecule has 0 bridgehead atoms. The first-order chi connectivity index (χ1) is 15.4. The largest absolute Gasteiger partial charge is 0.332 e. The van der Waals surface area contributed by atoms with Crippen molar-refractivity contribution in [2.45, 2.75) is 57.4 Å². The summed E-state index contributed by atoms with van der Waals surface area (Å²) >= 11 is 8.23. The summed E-state index contributed by atoms with van der Waals surface area (Å²) in [6, 6.07) is 11.6. The number of hydrogen-bond donors (Lipinski definition) is 0. The lowest BCUT2D eigenvalue weighted by atomic mass is 9.98. The number of aromatic nitrogens is 3. The molecule has 0 N–H and O–H groups in total. The third-order valence-electron chi connectivity index (χ3n) is 6.07. The van der Waals surface area contributed by atoms with Crippen molar-refractivity contribution in [3.05, 3.63) is 64.2 Å². The van der Waals surface area contributed by atoms with Crippen molar-refractivity contribution >= 4 is 41.7 Å². The van der Waals surface area contributed by atoms with Crippen LogP contribution >= 0.6 is 35.8 Å². The van der Waals surface area contributed by atoms with Gasteiger partial charge in [-0.2, -0.15) is 4.98 Å². The van der Waals surface area contributed by atoms with E-state index in [0.717, 1.165) is 41.4 Å². The average molecular weight is 510 g/mol. The quantitative estimate of drug-likeness (QED) is 0.279. The highest BCUT2D eigenvalue weighted by molar-refractivity contribution is 7.98. The summed E-state index contributed by atoms with van der Waals surface area (Å²) in [5.74, 6) is 1.97. The Kier molecular flexibility index (Phi) is 8.70. The maximum absolute atomic E-state index is 14.5. The van der Waals surface area contributed by atoms with Crippen molar-refractivity contribution in [1.82, 2.24) is 14.8 Å². The van der Waals surface area contributed by atoms with Crippen molar-refractivity contribution in [2.75, 3.05) is 17.7 Å². The number of anilines is 1. The summed E-state index contributed by atoms with van der Waals surface area (Å²) in [7, 11) is 0. The summed E-state index contributed by atoms with van der Waals surface area (Å²) in [6.07, 6.45) is 6.44. The maximum Gasteiger partial charge on any atom is 0.245 e. The van der Waals surface area contributed by atoms with E-state index < -0.39 is 0 Å². The minimum Gasteiger partial charge on any atom is -0.332 e. The zero-order valence-corrected chi connectivity index (χ0v) is 21.9. The molecule has 0 spiro atoms. The highest BCUT2D eigenvalue weighted by Crippen LogP contribution is 2.41. The summed E-state index contributed by atoms with van der Waals surface area (Å²) in [4.78, 5) is 8.18. The van der Waals surface area contributed by atoms with Crippen LogP contribution in [0.3, 0.4) is 0 Å². The fourth-order valence-electron chi connectivity index (χ4n) is 4.08. The van der Waals surface area contributed by atoms with Gasteiger partial charge in [0.05, 0.1) is 16.8 Å². The molecule has 1 aliphatic rings. The first-order valence-corrected chi connectivity index (χ1v) is 12.8. The highest BCUT2D eigenvalue weighted by atomic mass is 35.5. The van der Waals surface area contributed by atoms with Crippen molar-refractivity contribution in [1.29, 1.82) is 0 Å². The summed E-state index contributed by atoms with van der Waals surface area (Å²) in [5, 5.41) is 5.52. The smallest absolute Gasteiger partial charge is 0.245 e. The summed E-state index contributed by atoms with van der Waals surface area (Å²) in [6.45, 7) is 6.70. The topological polar surface area (TPSA) is 34.0 Å². The van der Waals surface area contributed by atoms with Crippen LogP contribution in [0, 0.1) is 25.6 Å². The third-order valence-corrected chi connectivity index (χ3v) is 7.10. The van der Waals surface area contributed by atoms with E-state index in [9.17, 15) is 4.39 Å². The van der Waals surface area contributed by atoms with Gasteiger partial charge in [0.25, 0.3) is 0 Å². The van der Waals surface area contributed by atoms with Crippen LogP contribution in [-0.2, 0) is 0 Å². The standard InChI is InChI=1S/C25H30ClFN4S.ClH/c1-5-12-30(24(13-18-7-8-18)19-9-6-16(2)22(27)14-19)25-28-17(3)31(29-25)23-11-10-20(32-4)15-21(23)26;/h6,9-11,14-15,18,24H,5,7-8,12-13H2,1-4H3;1H. The number of aryl methyl sites for hydroxylation is 2. The van der Waals surface area contributed by atoms with Crippen LogP contribution in [-0.4, -0.2) is 27.6 Å². The van der Waals surface area contributed by atoms with Crippen molar-refractivity contribution in [2.24, 2.45) is 5.92 Å². The van der Waals surface area contributed by atoms with Gasteiger partial charge in [0.2, 0.25) is 5.95 Å². The molecule has 0 saturated heterocycles. The molecule has 1 aliphatic carbocycles. The van der Waals surface area contributed by atoms with Crippen LogP contribution in [0.15, 0.2) is 41.3 Å². The zero-order valence-electron chi connectivity index (χ0n) is 19.5. The molecular formula is C25H31Cl2FN4S. The third kappa shape index (κ3) is 5.84. The lowest BCUT2D eigenvalue weighted by Gasteiger charge is -2.31. The number of halogens is 3. The van der Waals surface area contributed by atoms with Crippen LogP contribution in [0.4, 0.5) is 10.3 Å². The predicted molar refractivity (Wildman–Crippen MR) is 139 cm³/mol. The molecule has 0 radical (unpaired) electrons. The normalized spacial score (nSPS) is 14.1. The molecule has 3 aromatic rings. The first-order valence-electron chi connectivity index (χ1n) is 11.2. The van der Waals surface area contributed by atoms with E-state index in [4.69, 9.17) is 21.7 Å². The van der Waals surface area contributed by atoms with Crippen LogP contribution in [0.5, 0.6) is 0 Å². The van der Waals surface area contributed by atoms with Crippen molar-refractivity contribution in [3.8, 4) is 5.69 Å². The Morgan fingerprint density at radius 3 is 2.58 bits per heavy atom. The van der Waals surface area contributed by atoms with Crippen LogP contribution in [0.25, 0.3) is 5.69 Å². The molecule has 0 amide bonds. The van der Waals surface area contributed by atoms with Crippen LogP contribution in [0.1, 0.15) is 55.6 Å². The van der Waals surface area contributed by atoms with Gasteiger partial charge in [-0.05, 0) is 74.3 Å². The lowest BCUT2D eigenvalue weighted by Crippen LogP contribution is -2.31. The number of thioether (sulfide) groups is 1. The molecule has 33 heavy (non-hydrogen) atoms. The average Bonchev–Trinajstić information content (AvgIpc) is 3.52. The second-order valence-corrected chi connectivity index (χ2v) is 9.87. The fourth-order valence-corrected chi connectivity index (χ4v) is 4.84. The zero-order chi connectivity index (χ0) is 22.8. The van der Waals surface area contributed by atoms with Gasteiger partial charge in [-0.25, -0.2) is 9.07 Å². The summed E-state index contributed by atoms with van der Waals surface area (Å²) in [5.41, 5.74) is 2.48. The van der Waals surface area contributed by atoms with E-state index in [1.165, 1.54) is 12.8 Å². The number of benzene rings is 2. The molecule has 0 aliphatic heterocycles. The van der Waals surface area contributed by atoms with Gasteiger partial charge in [-0.1, -0.05) is 43.5 Å². The lowest BCUT2D eigenvalue weighted by molar-refractivity contribution is 0.521. The van der Waals surface area contributed by atoms with E-state index in [-0.39, 0.29) is 24.3 Å². The molecular weight excluding hydrogens is 478 g/mol. The van der Waals surface area contributed by atoms with E-state index in [2.05, 4.69) is 17.9 Å². The minimum absolute atomic E-state index is 0. The van der Waals surface area contributed by atoms with Gasteiger partial charge >= 0.3 is 0 Å². The molecule has 178 valence electrons. The second kappa shape index (κ2) is 11.1. The van der Waals surface area contributed by atoms with E-state index in [1.54, 1.807) is 24.8 Å². The maximum atomic E-state index is 14.5. The van der Waals surface area contributed by atoms with Crippen LogP contribution < -0.4 is 4.90 Å². The molecule has 1 saturated carbocycles. The van der Waals surface area contributed by atoms with Gasteiger partial charge in [-0.3, -0.25) is 0 Å². The van der Waals surface area contributed by atoms with Gasteiger partial charge in [0.1, 0.15) is 11.6 Å². The monoisotopic (exact) mass is 508 g/mol. The number of rotatable bonds is 9. The van der Waals surface area contributed by atoms with E-state index >= 15 is 0 Å². The second-order valence-electron chi connectivity index (χ2n) is 8.59. The Morgan fingerprint density at radius 1 is 1.21 bits per heavy atom. The van der Waals surface area contributed by atoms with Gasteiger partial charge in [0.15, 0.2) is 0 Å². The predicted octanol–water partition coefficient (Wildman–Crippen LogP) is 7.58. The van der Waals surface area contributed by atoms with Gasteiger partial charge < -0.3 is 4.90 Å². The highest BCUT2D eigenvalue weighted by Gasteiger charge is 2.32. The SMILES string of the molecule is CCCN(c1nc(C)n(-c2ccc(SC)cc2Cl)n1)C(CC1CC1)c1ccc(C)c(F)c1.Cl. The summed E-state index contributed by atoms with van der Waals surface area (Å²) < 4.78 is 16.3. The molecule has 8 heteroatoms. The Morgan fingerprint density at radius 2 is 1.97 bits per heavy atom.